The van der Waals surface area contributed by atoms with E-state index in [4.69, 9.17) is 16.7 Å². The lowest BCUT2D eigenvalue weighted by Crippen LogP contribution is -2.21. The Morgan fingerprint density at radius 2 is 2.15 bits per heavy atom. The molecule has 0 saturated heterocycles. The molecule has 1 aromatic rings. The van der Waals surface area contributed by atoms with Crippen LogP contribution in [0.25, 0.3) is 0 Å². The summed E-state index contributed by atoms with van der Waals surface area (Å²) in [5.74, 6) is -0.189. The van der Waals surface area contributed by atoms with Gasteiger partial charge in [-0.25, -0.2) is 4.39 Å². The first-order chi connectivity index (χ1) is 6.24. The van der Waals surface area contributed by atoms with Crippen molar-refractivity contribution in [3.63, 3.8) is 0 Å². The van der Waals surface area contributed by atoms with E-state index in [-0.39, 0.29) is 18.2 Å². The number of para-hydroxylation sites is 1. The summed E-state index contributed by atoms with van der Waals surface area (Å²) in [6, 6.07) is 6.29. The van der Waals surface area contributed by atoms with Crippen LogP contribution in [0.15, 0.2) is 24.3 Å². The predicted molar refractivity (Wildman–Crippen MR) is 51.6 cm³/mol. The summed E-state index contributed by atoms with van der Waals surface area (Å²) in [4.78, 5) is 0. The Labute approximate surface area is 81.3 Å². The van der Waals surface area contributed by atoms with Crippen molar-refractivity contribution in [3.05, 3.63) is 30.1 Å². The van der Waals surface area contributed by atoms with Gasteiger partial charge in [-0.2, -0.15) is 0 Å². The van der Waals surface area contributed by atoms with E-state index in [1.54, 1.807) is 18.2 Å². The molecule has 0 fully saturated rings. The first-order valence-corrected chi connectivity index (χ1v) is 4.50. The minimum atomic E-state index is -0.652. The molecule has 0 spiro atoms. The third-order valence-corrected chi connectivity index (χ3v) is 1.94. The summed E-state index contributed by atoms with van der Waals surface area (Å²) in [6.45, 7) is 0.254. The van der Waals surface area contributed by atoms with Crippen molar-refractivity contribution in [1.82, 2.24) is 0 Å². The second kappa shape index (κ2) is 5.04. The standard InChI is InChI=1S/C9H11ClFNO/c10-5-7(13)6-12-9-4-2-1-3-8(9)11/h1-4,7,12-13H,5-6H2. The molecule has 72 valence electrons. The highest BCUT2D eigenvalue weighted by molar-refractivity contribution is 6.18. The van der Waals surface area contributed by atoms with Crippen LogP contribution >= 0.6 is 11.6 Å². The zero-order valence-corrected chi connectivity index (χ0v) is 7.76. The van der Waals surface area contributed by atoms with Crippen molar-refractivity contribution < 1.29 is 9.50 Å². The molecule has 0 aromatic heterocycles. The maximum absolute atomic E-state index is 13.0. The van der Waals surface area contributed by atoms with Crippen molar-refractivity contribution in [1.29, 1.82) is 0 Å². The summed E-state index contributed by atoms with van der Waals surface area (Å²) in [7, 11) is 0. The van der Waals surface area contributed by atoms with E-state index in [1.807, 2.05) is 0 Å². The number of benzene rings is 1. The molecule has 0 saturated carbocycles. The number of hydrogen-bond donors (Lipinski definition) is 2. The van der Waals surface area contributed by atoms with E-state index in [0.29, 0.717) is 5.69 Å². The van der Waals surface area contributed by atoms with E-state index < -0.39 is 6.10 Å². The summed E-state index contributed by atoms with van der Waals surface area (Å²) in [5.41, 5.74) is 0.381. The van der Waals surface area contributed by atoms with E-state index in [0.717, 1.165) is 0 Å². The molecule has 1 rings (SSSR count). The Morgan fingerprint density at radius 3 is 2.77 bits per heavy atom. The molecule has 4 heteroatoms. The number of alkyl halides is 1. The fourth-order valence-electron chi connectivity index (χ4n) is 0.887. The quantitative estimate of drug-likeness (QED) is 0.732. The minimum Gasteiger partial charge on any atom is -0.390 e. The first kappa shape index (κ1) is 10.3. The van der Waals surface area contributed by atoms with Crippen LogP contribution in [-0.4, -0.2) is 23.6 Å². The number of hydrogen-bond acceptors (Lipinski definition) is 2. The Balaban J connectivity index is 2.50. The van der Waals surface area contributed by atoms with Gasteiger partial charge in [0.05, 0.1) is 17.7 Å². The second-order valence-corrected chi connectivity index (χ2v) is 2.98. The molecule has 0 aliphatic carbocycles. The number of nitrogens with one attached hydrogen (secondary N) is 1. The molecule has 0 amide bonds. The first-order valence-electron chi connectivity index (χ1n) is 3.96. The van der Waals surface area contributed by atoms with Crippen molar-refractivity contribution >= 4 is 17.3 Å². The lowest BCUT2D eigenvalue weighted by molar-refractivity contribution is 0.211. The molecular weight excluding hydrogens is 193 g/mol. The number of aliphatic hydroxyl groups is 1. The highest BCUT2D eigenvalue weighted by atomic mass is 35.5. The average molecular weight is 204 g/mol. The van der Waals surface area contributed by atoms with Gasteiger partial charge in [0.2, 0.25) is 0 Å². The van der Waals surface area contributed by atoms with E-state index in [9.17, 15) is 4.39 Å². The molecule has 0 bridgehead atoms. The lowest BCUT2D eigenvalue weighted by atomic mass is 10.3. The van der Waals surface area contributed by atoms with Crippen LogP contribution in [-0.2, 0) is 0 Å². The molecular formula is C9H11ClFNO. The van der Waals surface area contributed by atoms with Crippen molar-refractivity contribution in [2.45, 2.75) is 6.10 Å². The number of halogens is 2. The van der Waals surface area contributed by atoms with Crippen molar-refractivity contribution in [2.24, 2.45) is 0 Å². The van der Waals surface area contributed by atoms with Crippen LogP contribution in [0, 0.1) is 5.82 Å². The second-order valence-electron chi connectivity index (χ2n) is 2.67. The predicted octanol–water partition coefficient (Wildman–Crippen LogP) is 1.84. The highest BCUT2D eigenvalue weighted by Gasteiger charge is 2.03. The van der Waals surface area contributed by atoms with Gasteiger partial charge in [0.15, 0.2) is 0 Å². The summed E-state index contributed by atoms with van der Waals surface area (Å²) in [5, 5.41) is 11.8. The maximum Gasteiger partial charge on any atom is 0.146 e. The van der Waals surface area contributed by atoms with Gasteiger partial charge in [0, 0.05) is 6.54 Å². The normalized spacial score (nSPS) is 12.5. The van der Waals surface area contributed by atoms with Crippen LogP contribution in [0.3, 0.4) is 0 Å². The van der Waals surface area contributed by atoms with Crippen molar-refractivity contribution in [3.8, 4) is 0 Å². The van der Waals surface area contributed by atoms with Gasteiger partial charge in [-0.15, -0.1) is 11.6 Å². The van der Waals surface area contributed by atoms with Gasteiger partial charge in [0.25, 0.3) is 0 Å². The topological polar surface area (TPSA) is 32.3 Å². The van der Waals surface area contributed by atoms with E-state index in [2.05, 4.69) is 5.32 Å². The summed E-state index contributed by atoms with van der Waals surface area (Å²) < 4.78 is 13.0. The zero-order chi connectivity index (χ0) is 9.68. The Morgan fingerprint density at radius 1 is 1.46 bits per heavy atom. The number of rotatable bonds is 4. The molecule has 2 nitrogen and oxygen atoms in total. The van der Waals surface area contributed by atoms with E-state index in [1.165, 1.54) is 6.07 Å². The number of anilines is 1. The Kier molecular flexibility index (Phi) is 3.99. The average Bonchev–Trinajstić information content (AvgIpc) is 2.16. The fourth-order valence-corrected chi connectivity index (χ4v) is 0.996. The van der Waals surface area contributed by atoms with Crippen LogP contribution in [0.5, 0.6) is 0 Å². The molecule has 2 N–H and O–H groups in total. The largest absolute Gasteiger partial charge is 0.390 e. The zero-order valence-electron chi connectivity index (χ0n) is 7.00. The van der Waals surface area contributed by atoms with Crippen LogP contribution in [0.2, 0.25) is 0 Å². The molecule has 0 aliphatic rings. The van der Waals surface area contributed by atoms with E-state index >= 15 is 0 Å². The smallest absolute Gasteiger partial charge is 0.146 e. The van der Waals surface area contributed by atoms with Gasteiger partial charge in [0.1, 0.15) is 5.82 Å². The van der Waals surface area contributed by atoms with Gasteiger partial charge in [-0.05, 0) is 12.1 Å². The molecule has 1 unspecified atom stereocenters. The molecule has 0 aliphatic heterocycles. The van der Waals surface area contributed by atoms with Gasteiger partial charge in [-0.3, -0.25) is 0 Å². The Hall–Kier alpha value is -0.800. The SMILES string of the molecule is OC(CCl)CNc1ccccc1F. The van der Waals surface area contributed by atoms with Gasteiger partial charge in [-0.1, -0.05) is 12.1 Å². The fraction of sp³-hybridized carbons (Fsp3) is 0.333. The molecule has 0 radical (unpaired) electrons. The summed E-state index contributed by atoms with van der Waals surface area (Å²) in [6.07, 6.45) is -0.652. The summed E-state index contributed by atoms with van der Waals surface area (Å²) >= 11 is 5.37. The minimum absolute atomic E-state index is 0.140. The molecule has 1 atom stereocenters. The molecule has 1 aromatic carbocycles. The maximum atomic E-state index is 13.0. The third-order valence-electron chi connectivity index (χ3n) is 1.58. The highest BCUT2D eigenvalue weighted by Crippen LogP contribution is 2.11. The monoisotopic (exact) mass is 203 g/mol. The van der Waals surface area contributed by atoms with Crippen LogP contribution in [0.4, 0.5) is 10.1 Å². The van der Waals surface area contributed by atoms with Crippen molar-refractivity contribution in [2.75, 3.05) is 17.7 Å². The Bertz CT molecular complexity index is 270. The van der Waals surface area contributed by atoms with Crippen LogP contribution < -0.4 is 5.32 Å². The van der Waals surface area contributed by atoms with Gasteiger partial charge < -0.3 is 10.4 Å². The van der Waals surface area contributed by atoms with Gasteiger partial charge >= 0.3 is 0 Å². The number of aliphatic hydroxyl groups excluding tert-OH is 1. The van der Waals surface area contributed by atoms with Crippen LogP contribution in [0.1, 0.15) is 0 Å². The third kappa shape index (κ3) is 3.20. The molecule has 13 heavy (non-hydrogen) atoms. The lowest BCUT2D eigenvalue weighted by Gasteiger charge is -2.10. The molecule has 0 heterocycles.